The van der Waals surface area contributed by atoms with E-state index in [0.29, 0.717) is 31.4 Å². The largest absolute Gasteiger partial charge is 0.480 e. The third-order valence-corrected chi connectivity index (χ3v) is 9.10. The molecule has 1 heterocycles. The fraction of sp³-hybridized carbons (Fsp3) is 0.568. The number of guanidine groups is 1. The number of carboxylic acids is 1. The van der Waals surface area contributed by atoms with Gasteiger partial charge in [-0.3, -0.25) is 33.8 Å². The molecule has 1 aromatic carbocycles. The number of unbranched alkanes of at least 4 members (excludes halogenated alkanes) is 1. The van der Waals surface area contributed by atoms with Crippen LogP contribution in [-0.4, -0.2) is 113 Å². The Morgan fingerprint density at radius 3 is 1.84 bits per heavy atom. The van der Waals surface area contributed by atoms with Gasteiger partial charge < -0.3 is 64.9 Å². The highest BCUT2D eigenvalue weighted by molar-refractivity contribution is 5.97. The normalized spacial score (nSPS) is 14.8. The third-order valence-electron chi connectivity index (χ3n) is 9.10. The van der Waals surface area contributed by atoms with E-state index in [9.17, 15) is 38.7 Å². The van der Waals surface area contributed by atoms with E-state index in [1.165, 1.54) is 20.8 Å². The fourth-order valence-corrected chi connectivity index (χ4v) is 5.67. The van der Waals surface area contributed by atoms with Crippen LogP contribution in [0.5, 0.6) is 0 Å². The molecule has 0 fully saturated rings. The smallest absolute Gasteiger partial charge is 0.326 e. The van der Waals surface area contributed by atoms with Crippen molar-refractivity contribution < 1.29 is 38.7 Å². The first-order valence-electron chi connectivity index (χ1n) is 19.0. The molecule has 7 atom stereocenters. The van der Waals surface area contributed by atoms with E-state index in [2.05, 4.69) is 41.9 Å². The summed E-state index contributed by atoms with van der Waals surface area (Å²) in [5.74, 6) is -6.04. The number of fused-ring (bicyclic) bond motifs is 1. The van der Waals surface area contributed by atoms with Gasteiger partial charge in [-0.1, -0.05) is 38.5 Å². The zero-order chi connectivity index (χ0) is 42.8. The molecule has 316 valence electrons. The monoisotopic (exact) mass is 800 g/mol. The van der Waals surface area contributed by atoms with Gasteiger partial charge in [0.05, 0.1) is 6.04 Å². The number of H-pyrrole nitrogens is 1. The van der Waals surface area contributed by atoms with Crippen molar-refractivity contribution in [2.45, 2.75) is 115 Å². The Morgan fingerprint density at radius 1 is 0.702 bits per heavy atom. The van der Waals surface area contributed by atoms with Gasteiger partial charge in [-0.2, -0.15) is 0 Å². The molecule has 6 amide bonds. The Kier molecular flexibility index (Phi) is 19.4. The van der Waals surface area contributed by atoms with Gasteiger partial charge in [0.2, 0.25) is 35.4 Å². The molecule has 0 aliphatic carbocycles. The summed E-state index contributed by atoms with van der Waals surface area (Å²) in [7, 11) is 0. The maximum absolute atomic E-state index is 13.8. The lowest BCUT2D eigenvalue weighted by atomic mass is 10.0. The number of aliphatic imine (C=N–C) groups is 1. The maximum atomic E-state index is 13.8. The van der Waals surface area contributed by atoms with Crippen molar-refractivity contribution in [3.05, 3.63) is 36.0 Å². The topological polar surface area (TPSA) is 344 Å². The van der Waals surface area contributed by atoms with Crippen LogP contribution in [0.4, 0.5) is 0 Å². The zero-order valence-corrected chi connectivity index (χ0v) is 33.2. The molecule has 0 bridgehead atoms. The van der Waals surface area contributed by atoms with Crippen molar-refractivity contribution in [1.29, 1.82) is 0 Å². The molecule has 20 heteroatoms. The number of nitrogens with one attached hydrogen (secondary N) is 7. The van der Waals surface area contributed by atoms with E-state index in [0.717, 1.165) is 10.9 Å². The first-order chi connectivity index (χ1) is 26.9. The molecular weight excluding hydrogens is 740 g/mol. The molecule has 20 nitrogen and oxygen atoms in total. The maximum Gasteiger partial charge on any atom is 0.326 e. The van der Waals surface area contributed by atoms with E-state index >= 15 is 0 Å². The average Bonchev–Trinajstić information content (AvgIpc) is 3.56. The van der Waals surface area contributed by atoms with Gasteiger partial charge in [0.15, 0.2) is 5.96 Å². The average molecular weight is 801 g/mol. The fourth-order valence-electron chi connectivity index (χ4n) is 5.67. The van der Waals surface area contributed by atoms with Crippen LogP contribution in [0.3, 0.4) is 0 Å². The number of aromatic nitrogens is 1. The lowest BCUT2D eigenvalue weighted by Crippen LogP contribution is -2.59. The van der Waals surface area contributed by atoms with Crippen molar-refractivity contribution in [3.8, 4) is 0 Å². The highest BCUT2D eigenvalue weighted by atomic mass is 16.4. The minimum atomic E-state index is -1.28. The molecular formula is C37H60N12O8. The van der Waals surface area contributed by atoms with Crippen LogP contribution in [-0.2, 0) is 40.0 Å². The molecule has 0 unspecified atom stereocenters. The minimum absolute atomic E-state index is 0.0190. The Morgan fingerprint density at radius 2 is 1.26 bits per heavy atom. The number of nitrogens with two attached hydrogens (primary N) is 4. The number of hydrogen-bond acceptors (Lipinski definition) is 10. The molecule has 2 aromatic rings. The van der Waals surface area contributed by atoms with Gasteiger partial charge in [0, 0.05) is 30.1 Å². The molecule has 1 aromatic heterocycles. The standard InChI is InChI=1S/C37H60N12O8/c1-19(2)29(35(55)46-21(4)30(50)47-27(36(56)57)14-10-16-42-37(40)41)49-32(52)22(5)45-34(54)28(17-23-18-43-26-13-7-6-11-24(23)26)48-31(51)20(3)44-33(53)25(39)12-8-9-15-38/h6-7,11,13,18-22,25,27-29,43H,8-10,12,14-17,38-39H2,1-5H3,(H,44,53)(H,45,54)(H,46,55)(H,47,50)(H,48,51)(H,49,52)(H,56,57)(H4,40,41,42)/t20-,21-,22-,25-,27-,28-,29-/m0/s1. The molecule has 0 spiro atoms. The van der Waals surface area contributed by atoms with Gasteiger partial charge >= 0.3 is 5.97 Å². The van der Waals surface area contributed by atoms with Crippen molar-refractivity contribution in [3.63, 3.8) is 0 Å². The van der Waals surface area contributed by atoms with Crippen LogP contribution in [0.2, 0.25) is 0 Å². The first-order valence-corrected chi connectivity index (χ1v) is 19.0. The minimum Gasteiger partial charge on any atom is -0.480 e. The number of aliphatic carboxylic acids is 1. The predicted molar refractivity (Wildman–Crippen MR) is 214 cm³/mol. The molecule has 0 radical (unpaired) electrons. The van der Waals surface area contributed by atoms with Crippen LogP contribution < -0.4 is 54.8 Å². The summed E-state index contributed by atoms with van der Waals surface area (Å²) in [6, 6.07) is -0.533. The quantitative estimate of drug-likeness (QED) is 0.0310. The number of carbonyl (C=O) groups is 7. The van der Waals surface area contributed by atoms with Gasteiger partial charge in [-0.15, -0.1) is 0 Å². The second kappa shape index (κ2) is 23.3. The SMILES string of the molecule is CC(C)[C@H](NC(=O)[C@H](C)NC(=O)[C@H](Cc1c[nH]c2ccccc12)NC(=O)[C@H](C)NC(=O)[C@@H](N)CCCCN)C(=O)N[C@@H](C)C(=O)N[C@@H](CCCN=C(N)N)C(=O)O. The van der Waals surface area contributed by atoms with E-state index in [1.54, 1.807) is 20.0 Å². The van der Waals surface area contributed by atoms with E-state index in [-0.39, 0.29) is 31.8 Å². The van der Waals surface area contributed by atoms with Crippen LogP contribution in [0.1, 0.15) is 72.3 Å². The Labute approximate surface area is 331 Å². The number of carbonyl (C=O) groups excluding carboxylic acids is 6. The van der Waals surface area contributed by atoms with E-state index < -0.39 is 89.6 Å². The summed E-state index contributed by atoms with van der Waals surface area (Å²) in [5.41, 5.74) is 23.6. The van der Waals surface area contributed by atoms with Crippen LogP contribution in [0.25, 0.3) is 10.9 Å². The lowest BCUT2D eigenvalue weighted by molar-refractivity contribution is -0.142. The van der Waals surface area contributed by atoms with Gasteiger partial charge in [-0.25, -0.2) is 4.79 Å². The summed E-state index contributed by atoms with van der Waals surface area (Å²) in [5, 5.41) is 25.7. The molecule has 0 aliphatic rings. The van der Waals surface area contributed by atoms with Crippen molar-refractivity contribution in [1.82, 2.24) is 36.9 Å². The number of hydrogen-bond donors (Lipinski definition) is 12. The van der Waals surface area contributed by atoms with Crippen LogP contribution >= 0.6 is 0 Å². The second-order valence-electron chi connectivity index (χ2n) is 14.3. The Bertz CT molecular complexity index is 1730. The molecule has 57 heavy (non-hydrogen) atoms. The Hall–Kier alpha value is -5.76. The number of aromatic amines is 1. The highest BCUT2D eigenvalue weighted by Crippen LogP contribution is 2.19. The second-order valence-corrected chi connectivity index (χ2v) is 14.3. The molecule has 2 rings (SSSR count). The van der Waals surface area contributed by atoms with Gasteiger partial charge in [0.25, 0.3) is 0 Å². The number of benzene rings is 1. The van der Waals surface area contributed by atoms with Crippen LogP contribution in [0.15, 0.2) is 35.5 Å². The summed E-state index contributed by atoms with van der Waals surface area (Å²) in [6.07, 6.45) is 3.75. The lowest BCUT2D eigenvalue weighted by Gasteiger charge is -2.27. The number of nitrogens with zero attached hydrogens (tertiary/aromatic N) is 1. The van der Waals surface area contributed by atoms with Crippen molar-refractivity contribution >= 4 is 58.3 Å². The van der Waals surface area contributed by atoms with E-state index in [4.69, 9.17) is 22.9 Å². The van der Waals surface area contributed by atoms with Crippen molar-refractivity contribution in [2.75, 3.05) is 13.1 Å². The predicted octanol–water partition coefficient (Wildman–Crippen LogP) is -2.07. The third kappa shape index (κ3) is 15.7. The van der Waals surface area contributed by atoms with Crippen LogP contribution in [0, 0.1) is 5.92 Å². The summed E-state index contributed by atoms with van der Waals surface area (Å²) in [6.45, 7) is 8.17. The van der Waals surface area contributed by atoms with E-state index in [1.807, 2.05) is 24.3 Å². The molecule has 0 saturated carbocycles. The number of carboxylic acid groups (broad SMARTS) is 1. The zero-order valence-electron chi connectivity index (χ0n) is 33.2. The van der Waals surface area contributed by atoms with Crippen molar-refractivity contribution in [2.24, 2.45) is 33.8 Å². The van der Waals surface area contributed by atoms with Gasteiger partial charge in [-0.05, 0) is 70.5 Å². The summed E-state index contributed by atoms with van der Waals surface area (Å²) in [4.78, 5) is 97.9. The first kappa shape index (κ1) is 47.4. The summed E-state index contributed by atoms with van der Waals surface area (Å²) >= 11 is 0. The highest BCUT2D eigenvalue weighted by Gasteiger charge is 2.32. The molecule has 16 N–H and O–H groups in total. The summed E-state index contributed by atoms with van der Waals surface area (Å²) < 4.78 is 0. The number of para-hydroxylation sites is 1. The number of amides is 6. The molecule has 0 aliphatic heterocycles. The van der Waals surface area contributed by atoms with Gasteiger partial charge in [0.1, 0.15) is 36.3 Å². The molecule has 0 saturated heterocycles. The number of rotatable bonds is 24. The Balaban J connectivity index is 2.13.